The van der Waals surface area contributed by atoms with Gasteiger partial charge in [0.2, 0.25) is 5.91 Å². The van der Waals surface area contributed by atoms with Crippen LogP contribution in [-0.2, 0) is 17.9 Å². The Labute approximate surface area is 193 Å². The Bertz CT molecular complexity index is 1200. The summed E-state index contributed by atoms with van der Waals surface area (Å²) in [6.07, 6.45) is 8.68. The number of imidazole rings is 1. The lowest BCUT2D eigenvalue weighted by atomic mass is 10.2. The van der Waals surface area contributed by atoms with Gasteiger partial charge in [-0.05, 0) is 47.0 Å². The standard InChI is InChI=1S/C27H25N3O3/c1-32-26-17-23(9-13-25(26)33-19-22-5-3-2-4-6-22)18-29-27(31)14-10-21-7-11-24(12-8-21)30-16-15-28-20-30/h2-17,20H,18-19H2,1H3,(H,29,31)/b14-10+. The van der Waals surface area contributed by atoms with E-state index >= 15 is 0 Å². The number of aromatic nitrogens is 2. The van der Waals surface area contributed by atoms with E-state index in [1.54, 1.807) is 25.7 Å². The fourth-order valence-electron chi connectivity index (χ4n) is 3.27. The number of carbonyl (C=O) groups excluding carboxylic acids is 1. The highest BCUT2D eigenvalue weighted by Gasteiger charge is 2.07. The zero-order valence-electron chi connectivity index (χ0n) is 18.3. The summed E-state index contributed by atoms with van der Waals surface area (Å²) in [4.78, 5) is 16.3. The predicted molar refractivity (Wildman–Crippen MR) is 128 cm³/mol. The fourth-order valence-corrected chi connectivity index (χ4v) is 3.27. The second kappa shape index (κ2) is 10.8. The molecule has 0 saturated heterocycles. The molecule has 1 aromatic heterocycles. The quantitative estimate of drug-likeness (QED) is 0.381. The Morgan fingerprint density at radius 1 is 1.00 bits per heavy atom. The Kier molecular flexibility index (Phi) is 7.18. The second-order valence-electron chi connectivity index (χ2n) is 7.37. The van der Waals surface area contributed by atoms with Crippen molar-refractivity contribution >= 4 is 12.0 Å². The average molecular weight is 440 g/mol. The van der Waals surface area contributed by atoms with E-state index in [1.165, 1.54) is 6.08 Å². The van der Waals surface area contributed by atoms with Crippen molar-refractivity contribution in [1.82, 2.24) is 14.9 Å². The fraction of sp³-hybridized carbons (Fsp3) is 0.111. The summed E-state index contributed by atoms with van der Waals surface area (Å²) in [6.45, 7) is 0.847. The normalized spacial score (nSPS) is 10.8. The van der Waals surface area contributed by atoms with Gasteiger partial charge in [-0.2, -0.15) is 0 Å². The van der Waals surface area contributed by atoms with Crippen LogP contribution in [0.25, 0.3) is 11.8 Å². The lowest BCUT2D eigenvalue weighted by Gasteiger charge is -2.12. The monoisotopic (exact) mass is 439 g/mol. The minimum absolute atomic E-state index is 0.169. The van der Waals surface area contributed by atoms with Crippen LogP contribution in [-0.4, -0.2) is 22.6 Å². The van der Waals surface area contributed by atoms with Crippen molar-refractivity contribution < 1.29 is 14.3 Å². The van der Waals surface area contributed by atoms with Crippen LogP contribution in [0.4, 0.5) is 0 Å². The zero-order chi connectivity index (χ0) is 22.9. The highest BCUT2D eigenvalue weighted by Crippen LogP contribution is 2.28. The Morgan fingerprint density at radius 3 is 2.55 bits per heavy atom. The molecule has 3 aromatic carbocycles. The molecule has 0 saturated carbocycles. The number of benzene rings is 3. The lowest BCUT2D eigenvalue weighted by Crippen LogP contribution is -2.20. The number of hydrogen-bond acceptors (Lipinski definition) is 4. The SMILES string of the molecule is COc1cc(CNC(=O)/C=C/c2ccc(-n3ccnc3)cc2)ccc1OCc1ccccc1. The van der Waals surface area contributed by atoms with Crippen molar-refractivity contribution in [2.45, 2.75) is 13.2 Å². The van der Waals surface area contributed by atoms with Gasteiger partial charge >= 0.3 is 0 Å². The molecule has 0 aliphatic carbocycles. The number of amides is 1. The van der Waals surface area contributed by atoms with Crippen molar-refractivity contribution in [1.29, 1.82) is 0 Å². The summed E-state index contributed by atoms with van der Waals surface area (Å²) in [5, 5.41) is 2.90. The van der Waals surface area contributed by atoms with E-state index < -0.39 is 0 Å². The summed E-state index contributed by atoms with van der Waals surface area (Å²) in [6, 6.07) is 23.5. The molecule has 0 unspecified atom stereocenters. The first-order valence-electron chi connectivity index (χ1n) is 10.6. The molecule has 33 heavy (non-hydrogen) atoms. The van der Waals surface area contributed by atoms with Gasteiger partial charge in [-0.1, -0.05) is 48.5 Å². The van der Waals surface area contributed by atoms with Crippen molar-refractivity contribution in [3.8, 4) is 17.2 Å². The molecule has 0 bridgehead atoms. The van der Waals surface area contributed by atoms with Crippen LogP contribution in [0.15, 0.2) is 97.6 Å². The van der Waals surface area contributed by atoms with E-state index in [9.17, 15) is 4.79 Å². The molecule has 1 amide bonds. The van der Waals surface area contributed by atoms with Crippen LogP contribution in [0.5, 0.6) is 11.5 Å². The molecule has 166 valence electrons. The minimum atomic E-state index is -0.169. The maximum Gasteiger partial charge on any atom is 0.244 e. The number of hydrogen-bond donors (Lipinski definition) is 1. The van der Waals surface area contributed by atoms with Crippen molar-refractivity contribution in [3.63, 3.8) is 0 Å². The van der Waals surface area contributed by atoms with Gasteiger partial charge in [0.05, 0.1) is 13.4 Å². The van der Waals surface area contributed by atoms with E-state index in [0.29, 0.717) is 24.7 Å². The first-order chi connectivity index (χ1) is 16.2. The van der Waals surface area contributed by atoms with Crippen LogP contribution >= 0.6 is 0 Å². The van der Waals surface area contributed by atoms with Crippen molar-refractivity contribution in [2.24, 2.45) is 0 Å². The smallest absolute Gasteiger partial charge is 0.244 e. The maximum atomic E-state index is 12.3. The van der Waals surface area contributed by atoms with Gasteiger partial charge in [-0.3, -0.25) is 4.79 Å². The van der Waals surface area contributed by atoms with Gasteiger partial charge in [0.1, 0.15) is 6.61 Å². The van der Waals surface area contributed by atoms with Crippen molar-refractivity contribution in [3.05, 3.63) is 114 Å². The molecule has 0 radical (unpaired) electrons. The number of carbonyl (C=O) groups is 1. The predicted octanol–water partition coefficient (Wildman–Crippen LogP) is 4.79. The molecule has 4 rings (SSSR count). The van der Waals surface area contributed by atoms with Gasteiger partial charge in [0.15, 0.2) is 11.5 Å². The third kappa shape index (κ3) is 6.11. The molecule has 0 fully saturated rings. The van der Waals surface area contributed by atoms with Gasteiger partial charge < -0.3 is 19.4 Å². The molecule has 0 atom stereocenters. The number of rotatable bonds is 9. The highest BCUT2D eigenvalue weighted by molar-refractivity contribution is 5.91. The highest BCUT2D eigenvalue weighted by atomic mass is 16.5. The van der Waals surface area contributed by atoms with Gasteiger partial charge in [0, 0.05) is 30.7 Å². The Balaban J connectivity index is 1.30. The molecule has 1 N–H and O–H groups in total. The Hall–Kier alpha value is -4.32. The van der Waals surface area contributed by atoms with E-state index in [-0.39, 0.29) is 5.91 Å². The summed E-state index contributed by atoms with van der Waals surface area (Å²) >= 11 is 0. The summed E-state index contributed by atoms with van der Waals surface area (Å²) in [7, 11) is 1.61. The molecule has 6 nitrogen and oxygen atoms in total. The third-order valence-electron chi connectivity index (χ3n) is 5.05. The van der Waals surface area contributed by atoms with Gasteiger partial charge in [0.25, 0.3) is 0 Å². The van der Waals surface area contributed by atoms with Gasteiger partial charge in [-0.25, -0.2) is 4.98 Å². The average Bonchev–Trinajstić information content (AvgIpc) is 3.41. The zero-order valence-corrected chi connectivity index (χ0v) is 18.3. The summed E-state index contributed by atoms with van der Waals surface area (Å²) in [5.41, 5.74) is 3.96. The first kappa shape index (κ1) is 21.9. The number of ether oxygens (including phenoxy) is 2. The van der Waals surface area contributed by atoms with E-state index in [1.807, 2.05) is 83.6 Å². The molecular weight excluding hydrogens is 414 g/mol. The van der Waals surface area contributed by atoms with Crippen molar-refractivity contribution in [2.75, 3.05) is 7.11 Å². The van der Waals surface area contributed by atoms with Crippen LogP contribution in [0.3, 0.4) is 0 Å². The second-order valence-corrected chi connectivity index (χ2v) is 7.37. The van der Waals surface area contributed by atoms with E-state index in [0.717, 1.165) is 22.4 Å². The number of nitrogens with zero attached hydrogens (tertiary/aromatic N) is 2. The Morgan fingerprint density at radius 2 is 1.82 bits per heavy atom. The van der Waals surface area contributed by atoms with Crippen LogP contribution in [0, 0.1) is 0 Å². The molecule has 0 aliphatic rings. The molecule has 4 aromatic rings. The molecule has 0 spiro atoms. The third-order valence-corrected chi connectivity index (χ3v) is 5.05. The topological polar surface area (TPSA) is 65.4 Å². The van der Waals surface area contributed by atoms with Crippen LogP contribution < -0.4 is 14.8 Å². The molecule has 0 aliphatic heterocycles. The number of methoxy groups -OCH3 is 1. The summed E-state index contributed by atoms with van der Waals surface area (Å²) in [5.74, 6) is 1.12. The van der Waals surface area contributed by atoms with Crippen LogP contribution in [0.1, 0.15) is 16.7 Å². The van der Waals surface area contributed by atoms with Crippen LogP contribution in [0.2, 0.25) is 0 Å². The lowest BCUT2D eigenvalue weighted by molar-refractivity contribution is -0.116. The molecular formula is C27H25N3O3. The minimum Gasteiger partial charge on any atom is -0.493 e. The van der Waals surface area contributed by atoms with Gasteiger partial charge in [-0.15, -0.1) is 0 Å². The first-order valence-corrected chi connectivity index (χ1v) is 10.6. The van der Waals surface area contributed by atoms with E-state index in [4.69, 9.17) is 9.47 Å². The largest absolute Gasteiger partial charge is 0.493 e. The number of nitrogens with one attached hydrogen (secondary N) is 1. The molecule has 1 heterocycles. The van der Waals surface area contributed by atoms with E-state index in [2.05, 4.69) is 10.3 Å². The summed E-state index contributed by atoms with van der Waals surface area (Å²) < 4.78 is 13.3. The maximum absolute atomic E-state index is 12.3. The molecule has 6 heteroatoms.